The van der Waals surface area contributed by atoms with Gasteiger partial charge < -0.3 is 4.57 Å². The summed E-state index contributed by atoms with van der Waals surface area (Å²) < 4.78 is 1.62. The van der Waals surface area contributed by atoms with Gasteiger partial charge in [0.15, 0.2) is 0 Å². The lowest BCUT2D eigenvalue weighted by atomic mass is 9.98. The van der Waals surface area contributed by atoms with Gasteiger partial charge in [0.1, 0.15) is 0 Å². The highest BCUT2D eigenvalue weighted by atomic mass is 32.1. The molecule has 0 N–H and O–H groups in total. The molecular formula is C18H25N3OS. The Hall–Kier alpha value is -1.46. The van der Waals surface area contributed by atoms with E-state index >= 15 is 0 Å². The Morgan fingerprint density at radius 1 is 1.43 bits per heavy atom. The number of rotatable bonds is 4. The van der Waals surface area contributed by atoms with E-state index in [0.717, 1.165) is 25.2 Å². The molecule has 0 bridgehead atoms. The molecule has 124 valence electrons. The van der Waals surface area contributed by atoms with Gasteiger partial charge in [-0.2, -0.15) is 0 Å². The summed E-state index contributed by atoms with van der Waals surface area (Å²) in [5.74, 6) is 1.04. The molecule has 1 atom stereocenters. The summed E-state index contributed by atoms with van der Waals surface area (Å²) in [6.07, 6.45) is 4.28. The van der Waals surface area contributed by atoms with Crippen molar-refractivity contribution in [3.63, 3.8) is 0 Å². The molecule has 3 rings (SSSR count). The zero-order chi connectivity index (χ0) is 16.4. The highest BCUT2D eigenvalue weighted by Crippen LogP contribution is 2.31. The van der Waals surface area contributed by atoms with Gasteiger partial charge in [-0.15, -0.1) is 11.3 Å². The molecule has 3 heterocycles. The second-order valence-electron chi connectivity index (χ2n) is 6.82. The standard InChI is InChI=1S/C18H25N3OS/c1-13(2)16-12-23-18(19-16)15-5-4-7-21(11-15)10-14-6-8-20(3)17(22)9-14/h6,8-9,12-13,15H,4-5,7,10-11H2,1-3H3. The highest BCUT2D eigenvalue weighted by molar-refractivity contribution is 7.09. The summed E-state index contributed by atoms with van der Waals surface area (Å²) in [7, 11) is 1.79. The maximum atomic E-state index is 11.8. The van der Waals surface area contributed by atoms with Crippen molar-refractivity contribution in [2.75, 3.05) is 13.1 Å². The van der Waals surface area contributed by atoms with Crippen LogP contribution >= 0.6 is 11.3 Å². The Morgan fingerprint density at radius 3 is 2.96 bits per heavy atom. The second-order valence-corrected chi connectivity index (χ2v) is 7.71. The van der Waals surface area contributed by atoms with Crippen LogP contribution in [0.5, 0.6) is 0 Å². The molecule has 23 heavy (non-hydrogen) atoms. The molecule has 1 unspecified atom stereocenters. The summed E-state index contributed by atoms with van der Waals surface area (Å²) >= 11 is 1.81. The Morgan fingerprint density at radius 2 is 2.26 bits per heavy atom. The topological polar surface area (TPSA) is 38.1 Å². The number of aryl methyl sites for hydroxylation is 1. The van der Waals surface area contributed by atoms with Gasteiger partial charge in [0.25, 0.3) is 5.56 Å². The fraction of sp³-hybridized carbons (Fsp3) is 0.556. The minimum atomic E-state index is 0.0672. The van der Waals surface area contributed by atoms with Gasteiger partial charge in [0.05, 0.1) is 10.7 Å². The van der Waals surface area contributed by atoms with Crippen LogP contribution in [0.25, 0.3) is 0 Å². The fourth-order valence-electron chi connectivity index (χ4n) is 3.10. The molecule has 0 aliphatic carbocycles. The SMILES string of the molecule is CC(C)c1csc(C2CCCN(Cc3ccn(C)c(=O)c3)C2)n1. The number of thiazole rings is 1. The van der Waals surface area contributed by atoms with Gasteiger partial charge in [0, 0.05) is 43.7 Å². The third-order valence-corrected chi connectivity index (χ3v) is 5.59. The van der Waals surface area contributed by atoms with Crippen molar-refractivity contribution in [2.24, 2.45) is 7.05 Å². The van der Waals surface area contributed by atoms with Gasteiger partial charge >= 0.3 is 0 Å². The van der Waals surface area contributed by atoms with Crippen LogP contribution in [0, 0.1) is 0 Å². The largest absolute Gasteiger partial charge is 0.319 e. The minimum absolute atomic E-state index is 0.0672. The first kappa shape index (κ1) is 16.4. The molecule has 5 heteroatoms. The first-order valence-electron chi connectivity index (χ1n) is 8.36. The highest BCUT2D eigenvalue weighted by Gasteiger charge is 2.24. The predicted molar refractivity (Wildman–Crippen MR) is 95.1 cm³/mol. The summed E-state index contributed by atoms with van der Waals surface area (Å²) in [4.78, 5) is 19.1. The van der Waals surface area contributed by atoms with E-state index in [1.54, 1.807) is 29.0 Å². The van der Waals surface area contributed by atoms with E-state index < -0.39 is 0 Å². The van der Waals surface area contributed by atoms with Crippen LogP contribution in [-0.4, -0.2) is 27.5 Å². The second kappa shape index (κ2) is 6.97. The lowest BCUT2D eigenvalue weighted by molar-refractivity contribution is 0.200. The molecule has 0 spiro atoms. The van der Waals surface area contributed by atoms with Crippen LogP contribution in [0.4, 0.5) is 0 Å². The minimum Gasteiger partial charge on any atom is -0.319 e. The average molecular weight is 331 g/mol. The van der Waals surface area contributed by atoms with E-state index in [2.05, 4.69) is 24.1 Å². The summed E-state index contributed by atoms with van der Waals surface area (Å²) in [6, 6.07) is 3.80. The van der Waals surface area contributed by atoms with E-state index in [0.29, 0.717) is 11.8 Å². The molecule has 0 aromatic carbocycles. The first-order chi connectivity index (χ1) is 11.0. The first-order valence-corrected chi connectivity index (χ1v) is 9.24. The maximum absolute atomic E-state index is 11.8. The van der Waals surface area contributed by atoms with E-state index in [1.807, 2.05) is 12.3 Å². The summed E-state index contributed by atoms with van der Waals surface area (Å²) in [5, 5.41) is 3.49. The molecule has 4 nitrogen and oxygen atoms in total. The van der Waals surface area contributed by atoms with E-state index in [4.69, 9.17) is 4.98 Å². The number of hydrogen-bond acceptors (Lipinski definition) is 4. The monoisotopic (exact) mass is 331 g/mol. The van der Waals surface area contributed by atoms with Crippen molar-refractivity contribution in [3.8, 4) is 0 Å². The van der Waals surface area contributed by atoms with Gasteiger partial charge in [-0.3, -0.25) is 9.69 Å². The number of nitrogens with zero attached hydrogens (tertiary/aromatic N) is 3. The van der Waals surface area contributed by atoms with Crippen molar-refractivity contribution in [1.29, 1.82) is 0 Å². The number of piperidine rings is 1. The maximum Gasteiger partial charge on any atom is 0.250 e. The molecule has 0 amide bonds. The van der Waals surface area contributed by atoms with Crippen molar-refractivity contribution in [2.45, 2.75) is 45.1 Å². The van der Waals surface area contributed by atoms with Crippen LogP contribution in [0.15, 0.2) is 28.5 Å². The van der Waals surface area contributed by atoms with E-state index in [-0.39, 0.29) is 5.56 Å². The Kier molecular flexibility index (Phi) is 4.97. The Bertz CT molecular complexity index is 719. The van der Waals surface area contributed by atoms with E-state index in [9.17, 15) is 4.79 Å². The lowest BCUT2D eigenvalue weighted by Crippen LogP contribution is -2.34. The van der Waals surface area contributed by atoms with Crippen LogP contribution in [0.3, 0.4) is 0 Å². The van der Waals surface area contributed by atoms with Crippen LogP contribution in [0.1, 0.15) is 54.8 Å². The molecule has 2 aromatic rings. The molecule has 1 aliphatic heterocycles. The van der Waals surface area contributed by atoms with Gasteiger partial charge in [-0.05, 0) is 36.9 Å². The lowest BCUT2D eigenvalue weighted by Gasteiger charge is -2.31. The van der Waals surface area contributed by atoms with Gasteiger partial charge in [-0.25, -0.2) is 4.98 Å². The normalized spacial score (nSPS) is 19.4. The Labute approximate surface area is 141 Å². The van der Waals surface area contributed by atoms with Crippen LogP contribution in [-0.2, 0) is 13.6 Å². The number of hydrogen-bond donors (Lipinski definition) is 0. The molecular weight excluding hydrogens is 306 g/mol. The third-order valence-electron chi connectivity index (χ3n) is 4.56. The van der Waals surface area contributed by atoms with Gasteiger partial charge in [0.2, 0.25) is 0 Å². The quantitative estimate of drug-likeness (QED) is 0.862. The third kappa shape index (κ3) is 3.90. The summed E-state index contributed by atoms with van der Waals surface area (Å²) in [6.45, 7) is 7.40. The molecule has 1 fully saturated rings. The molecule has 1 saturated heterocycles. The van der Waals surface area contributed by atoms with Crippen molar-refractivity contribution >= 4 is 11.3 Å². The smallest absolute Gasteiger partial charge is 0.250 e. The number of pyridine rings is 1. The molecule has 0 saturated carbocycles. The number of aromatic nitrogens is 2. The molecule has 1 aliphatic rings. The number of likely N-dealkylation sites (tertiary alicyclic amines) is 1. The van der Waals surface area contributed by atoms with Gasteiger partial charge in [-0.1, -0.05) is 13.8 Å². The van der Waals surface area contributed by atoms with Crippen molar-refractivity contribution in [1.82, 2.24) is 14.5 Å². The average Bonchev–Trinajstić information content (AvgIpc) is 3.01. The van der Waals surface area contributed by atoms with Crippen LogP contribution in [0.2, 0.25) is 0 Å². The predicted octanol–water partition coefficient (Wildman–Crippen LogP) is 3.34. The zero-order valence-corrected chi connectivity index (χ0v) is 15.0. The summed E-state index contributed by atoms with van der Waals surface area (Å²) in [5.41, 5.74) is 2.39. The Balaban J connectivity index is 1.67. The van der Waals surface area contributed by atoms with Crippen molar-refractivity contribution in [3.05, 3.63) is 50.3 Å². The van der Waals surface area contributed by atoms with Crippen LogP contribution < -0.4 is 5.56 Å². The van der Waals surface area contributed by atoms with Crippen molar-refractivity contribution < 1.29 is 0 Å². The molecule has 0 radical (unpaired) electrons. The fourth-order valence-corrected chi connectivity index (χ4v) is 4.21. The van der Waals surface area contributed by atoms with E-state index in [1.165, 1.54) is 23.5 Å². The zero-order valence-electron chi connectivity index (χ0n) is 14.2. The molecule has 2 aromatic heterocycles.